The molecule has 0 heterocycles. The molecule has 5 heteroatoms. The molecule has 0 amide bonds. The maximum Gasteiger partial charge on any atom is 0.154 e. The summed E-state index contributed by atoms with van der Waals surface area (Å²) in [6, 6.07) is 7.80. The predicted molar refractivity (Wildman–Crippen MR) is 88.0 cm³/mol. The number of halogens is 1. The lowest BCUT2D eigenvalue weighted by Crippen LogP contribution is -2.11. The van der Waals surface area contributed by atoms with E-state index in [1.807, 2.05) is 24.3 Å². The topological polar surface area (TPSA) is 47.6 Å². The van der Waals surface area contributed by atoms with Crippen LogP contribution < -0.4 is 10.5 Å². The number of thioether (sulfide) groups is 1. The largest absolute Gasteiger partial charge is 0.493 e. The van der Waals surface area contributed by atoms with Gasteiger partial charge in [0, 0.05) is 16.8 Å². The van der Waals surface area contributed by atoms with Gasteiger partial charge >= 0.3 is 0 Å². The average molecular weight is 345 g/mol. The Balaban J connectivity index is 2.14. The summed E-state index contributed by atoms with van der Waals surface area (Å²) >= 11 is 4.93. The van der Waals surface area contributed by atoms with Gasteiger partial charge in [0.05, 0.1) is 6.61 Å². The highest BCUT2D eigenvalue weighted by Gasteiger charge is 1.97. The van der Waals surface area contributed by atoms with Crippen molar-refractivity contribution >= 4 is 32.9 Å². The van der Waals surface area contributed by atoms with Crippen LogP contribution in [-0.4, -0.2) is 24.1 Å². The van der Waals surface area contributed by atoms with Crippen molar-refractivity contribution in [3.63, 3.8) is 0 Å². The summed E-state index contributed by atoms with van der Waals surface area (Å²) in [6.07, 6.45) is 1.08. The minimum Gasteiger partial charge on any atom is -0.493 e. The van der Waals surface area contributed by atoms with Crippen LogP contribution in [0.25, 0.3) is 0 Å². The summed E-state index contributed by atoms with van der Waals surface area (Å²) in [5.74, 6) is 2.36. The molecule has 0 aromatic heterocycles. The summed E-state index contributed by atoms with van der Waals surface area (Å²) < 4.78 is 6.65. The highest BCUT2D eigenvalue weighted by molar-refractivity contribution is 9.10. The van der Waals surface area contributed by atoms with Crippen molar-refractivity contribution in [3.8, 4) is 5.75 Å². The van der Waals surface area contributed by atoms with E-state index in [4.69, 9.17) is 10.5 Å². The van der Waals surface area contributed by atoms with Gasteiger partial charge in [0.1, 0.15) is 5.75 Å². The number of ether oxygens (including phenoxy) is 1. The van der Waals surface area contributed by atoms with E-state index >= 15 is 0 Å². The Hall–Kier alpha value is -0.680. The van der Waals surface area contributed by atoms with Crippen molar-refractivity contribution < 1.29 is 4.74 Å². The summed E-state index contributed by atoms with van der Waals surface area (Å²) in [4.78, 5) is 4.32. The highest BCUT2D eigenvalue weighted by Crippen LogP contribution is 2.16. The van der Waals surface area contributed by atoms with Crippen molar-refractivity contribution in [3.05, 3.63) is 28.7 Å². The minimum absolute atomic E-state index is 0.632. The molecule has 0 aliphatic rings. The monoisotopic (exact) mass is 344 g/mol. The molecule has 0 saturated carbocycles. The molecule has 0 radical (unpaired) electrons. The van der Waals surface area contributed by atoms with E-state index in [2.05, 4.69) is 34.8 Å². The highest BCUT2D eigenvalue weighted by atomic mass is 79.9. The van der Waals surface area contributed by atoms with Gasteiger partial charge in [0.2, 0.25) is 0 Å². The van der Waals surface area contributed by atoms with Gasteiger partial charge in [-0.15, -0.1) is 0 Å². The third kappa shape index (κ3) is 8.16. The zero-order valence-electron chi connectivity index (χ0n) is 11.4. The van der Waals surface area contributed by atoms with Crippen molar-refractivity contribution in [2.45, 2.75) is 20.3 Å². The Morgan fingerprint density at radius 3 is 2.68 bits per heavy atom. The fourth-order valence-electron chi connectivity index (χ4n) is 1.32. The molecule has 0 unspecified atom stereocenters. The number of nitrogens with zero attached hydrogens (tertiary/aromatic N) is 1. The fourth-order valence-corrected chi connectivity index (χ4v) is 2.14. The SMILES string of the molecule is CC(C)CCN=C(N)SCCOc1ccc(Br)cc1. The van der Waals surface area contributed by atoms with Crippen LogP contribution >= 0.6 is 27.7 Å². The lowest BCUT2D eigenvalue weighted by atomic mass is 10.1. The summed E-state index contributed by atoms with van der Waals surface area (Å²) in [7, 11) is 0. The van der Waals surface area contributed by atoms with Gasteiger partial charge in [-0.1, -0.05) is 41.5 Å². The lowest BCUT2D eigenvalue weighted by molar-refractivity contribution is 0.344. The molecule has 2 N–H and O–H groups in total. The molecule has 1 rings (SSSR count). The number of nitrogens with two attached hydrogens (primary N) is 1. The standard InChI is InChI=1S/C14H21BrN2OS/c1-11(2)7-8-17-14(16)19-10-9-18-13-5-3-12(15)4-6-13/h3-6,11H,7-10H2,1-2H3,(H2,16,17). The molecule has 0 aliphatic heterocycles. The quantitative estimate of drug-likeness (QED) is 0.463. The number of benzene rings is 1. The van der Waals surface area contributed by atoms with E-state index in [1.165, 1.54) is 0 Å². The van der Waals surface area contributed by atoms with Crippen molar-refractivity contribution in [1.29, 1.82) is 0 Å². The van der Waals surface area contributed by atoms with Gasteiger partial charge in [-0.25, -0.2) is 0 Å². The van der Waals surface area contributed by atoms with Crippen LogP contribution in [0.4, 0.5) is 0 Å². The molecular weight excluding hydrogens is 324 g/mol. The van der Waals surface area contributed by atoms with Crippen LogP contribution in [0, 0.1) is 5.92 Å². The van der Waals surface area contributed by atoms with E-state index in [9.17, 15) is 0 Å². The van der Waals surface area contributed by atoms with Crippen LogP contribution in [0.5, 0.6) is 5.75 Å². The maximum atomic E-state index is 5.81. The number of aliphatic imine (C=N–C) groups is 1. The maximum absolute atomic E-state index is 5.81. The van der Waals surface area contributed by atoms with Crippen LogP contribution in [0.15, 0.2) is 33.7 Å². The molecular formula is C14H21BrN2OS. The molecule has 106 valence electrons. The lowest BCUT2D eigenvalue weighted by Gasteiger charge is -2.06. The smallest absolute Gasteiger partial charge is 0.154 e. The molecule has 0 bridgehead atoms. The summed E-state index contributed by atoms with van der Waals surface area (Å²) in [6.45, 7) is 5.81. The second kappa shape index (κ2) is 9.26. The van der Waals surface area contributed by atoms with Gasteiger partial charge in [-0.05, 0) is 36.6 Å². The van der Waals surface area contributed by atoms with E-state index in [0.29, 0.717) is 17.7 Å². The van der Waals surface area contributed by atoms with Crippen LogP contribution in [0.3, 0.4) is 0 Å². The van der Waals surface area contributed by atoms with Gasteiger partial charge < -0.3 is 10.5 Å². The van der Waals surface area contributed by atoms with Gasteiger partial charge in [0.15, 0.2) is 5.17 Å². The minimum atomic E-state index is 0.632. The summed E-state index contributed by atoms with van der Waals surface area (Å²) in [5.41, 5.74) is 5.81. The first-order valence-electron chi connectivity index (χ1n) is 6.39. The summed E-state index contributed by atoms with van der Waals surface area (Å²) in [5, 5.41) is 0.653. The normalized spacial score (nSPS) is 11.9. The number of amidine groups is 1. The first-order chi connectivity index (χ1) is 9.08. The molecule has 0 spiro atoms. The average Bonchev–Trinajstić information content (AvgIpc) is 2.36. The first-order valence-corrected chi connectivity index (χ1v) is 8.17. The third-order valence-corrected chi connectivity index (χ3v) is 3.71. The van der Waals surface area contributed by atoms with E-state index in [1.54, 1.807) is 11.8 Å². The number of rotatable bonds is 7. The molecule has 3 nitrogen and oxygen atoms in total. The van der Waals surface area contributed by atoms with Gasteiger partial charge in [-0.2, -0.15) is 0 Å². The fraction of sp³-hybridized carbons (Fsp3) is 0.500. The molecule has 19 heavy (non-hydrogen) atoms. The van der Waals surface area contributed by atoms with Gasteiger partial charge in [0.25, 0.3) is 0 Å². The van der Waals surface area contributed by atoms with Crippen molar-refractivity contribution in [2.75, 3.05) is 18.9 Å². The second-order valence-electron chi connectivity index (χ2n) is 4.55. The van der Waals surface area contributed by atoms with E-state index in [-0.39, 0.29) is 0 Å². The molecule has 0 atom stereocenters. The Kier molecular flexibility index (Phi) is 7.98. The third-order valence-electron chi connectivity index (χ3n) is 2.39. The molecule has 1 aromatic rings. The Morgan fingerprint density at radius 2 is 2.05 bits per heavy atom. The number of hydrogen-bond donors (Lipinski definition) is 1. The Labute approximate surface area is 128 Å². The van der Waals surface area contributed by atoms with Gasteiger partial charge in [-0.3, -0.25) is 4.99 Å². The molecule has 0 saturated heterocycles. The van der Waals surface area contributed by atoms with E-state index in [0.717, 1.165) is 28.9 Å². The van der Waals surface area contributed by atoms with Crippen LogP contribution in [0.2, 0.25) is 0 Å². The second-order valence-corrected chi connectivity index (χ2v) is 6.58. The first kappa shape index (κ1) is 16.4. The zero-order chi connectivity index (χ0) is 14.1. The zero-order valence-corrected chi connectivity index (χ0v) is 13.8. The van der Waals surface area contributed by atoms with Crippen molar-refractivity contribution in [1.82, 2.24) is 0 Å². The van der Waals surface area contributed by atoms with E-state index < -0.39 is 0 Å². The predicted octanol–water partition coefficient (Wildman–Crippen LogP) is 3.92. The van der Waals surface area contributed by atoms with Crippen molar-refractivity contribution in [2.24, 2.45) is 16.6 Å². The Bertz CT molecular complexity index is 393. The van der Waals surface area contributed by atoms with Crippen LogP contribution in [0.1, 0.15) is 20.3 Å². The molecule has 0 fully saturated rings. The number of hydrogen-bond acceptors (Lipinski definition) is 3. The van der Waals surface area contributed by atoms with Crippen LogP contribution in [-0.2, 0) is 0 Å². The molecule has 0 aliphatic carbocycles. The Morgan fingerprint density at radius 1 is 1.37 bits per heavy atom. The molecule has 1 aromatic carbocycles.